The summed E-state index contributed by atoms with van der Waals surface area (Å²) in [6.07, 6.45) is 0. The van der Waals surface area contributed by atoms with Gasteiger partial charge >= 0.3 is 11.7 Å². The summed E-state index contributed by atoms with van der Waals surface area (Å²) in [5.41, 5.74) is -1.24. The monoisotopic (exact) mass is 257 g/mol. The third-order valence-corrected chi connectivity index (χ3v) is 2.02. The number of hydrogen-bond acceptors (Lipinski definition) is 4. The Kier molecular flexibility index (Phi) is 4.19. The molecule has 0 heterocycles. The number of benzene rings is 1. The molecule has 0 spiro atoms. The minimum absolute atomic E-state index is 0.0521. The highest BCUT2D eigenvalue weighted by Gasteiger charge is 2.25. The van der Waals surface area contributed by atoms with E-state index in [4.69, 9.17) is 9.84 Å². The maximum absolute atomic E-state index is 13.1. The van der Waals surface area contributed by atoms with E-state index in [1.54, 1.807) is 13.8 Å². The quantitative estimate of drug-likeness (QED) is 0.646. The molecule has 1 aromatic rings. The predicted molar refractivity (Wildman–Crippen MR) is 60.3 cm³/mol. The van der Waals surface area contributed by atoms with E-state index in [1.807, 2.05) is 0 Å². The predicted octanol–water partition coefficient (Wildman–Crippen LogP) is 2.47. The molecule has 0 aliphatic heterocycles. The van der Waals surface area contributed by atoms with Crippen LogP contribution in [0, 0.1) is 21.8 Å². The fraction of sp³-hybridized carbons (Fsp3) is 0.364. The highest BCUT2D eigenvalue weighted by molar-refractivity contribution is 5.92. The molecule has 1 aromatic carbocycles. The molecule has 98 valence electrons. The van der Waals surface area contributed by atoms with E-state index in [0.29, 0.717) is 12.1 Å². The van der Waals surface area contributed by atoms with Gasteiger partial charge in [-0.05, 0) is 12.0 Å². The number of hydrogen-bond donors (Lipinski definition) is 1. The van der Waals surface area contributed by atoms with Gasteiger partial charge in [0.05, 0.1) is 17.6 Å². The number of nitro groups is 1. The van der Waals surface area contributed by atoms with Crippen molar-refractivity contribution in [2.24, 2.45) is 5.92 Å². The van der Waals surface area contributed by atoms with E-state index < -0.39 is 33.7 Å². The molecule has 0 unspecified atom stereocenters. The van der Waals surface area contributed by atoms with Crippen LogP contribution in [0.1, 0.15) is 24.2 Å². The zero-order valence-electron chi connectivity index (χ0n) is 9.84. The first kappa shape index (κ1) is 13.9. The van der Waals surface area contributed by atoms with Crippen molar-refractivity contribution in [3.8, 4) is 5.75 Å². The molecular weight excluding hydrogens is 245 g/mol. The van der Waals surface area contributed by atoms with Crippen molar-refractivity contribution >= 4 is 11.7 Å². The molecule has 0 bridgehead atoms. The van der Waals surface area contributed by atoms with Crippen molar-refractivity contribution in [2.75, 3.05) is 6.61 Å². The van der Waals surface area contributed by atoms with Crippen LogP contribution in [-0.2, 0) is 0 Å². The average molecular weight is 257 g/mol. The van der Waals surface area contributed by atoms with Gasteiger partial charge in [0.25, 0.3) is 0 Å². The molecule has 0 radical (unpaired) electrons. The summed E-state index contributed by atoms with van der Waals surface area (Å²) in [7, 11) is 0. The fourth-order valence-corrected chi connectivity index (χ4v) is 1.28. The van der Waals surface area contributed by atoms with Crippen LogP contribution in [0.15, 0.2) is 12.1 Å². The molecule has 0 atom stereocenters. The second-order valence-electron chi connectivity index (χ2n) is 4.07. The van der Waals surface area contributed by atoms with Gasteiger partial charge in [0.15, 0.2) is 0 Å². The molecule has 6 nitrogen and oxygen atoms in total. The van der Waals surface area contributed by atoms with Crippen LogP contribution < -0.4 is 4.74 Å². The summed E-state index contributed by atoms with van der Waals surface area (Å²) in [6, 6.07) is 1.34. The van der Waals surface area contributed by atoms with Crippen molar-refractivity contribution in [2.45, 2.75) is 13.8 Å². The Balaban J connectivity index is 3.31. The highest BCUT2D eigenvalue weighted by Crippen LogP contribution is 2.32. The fourth-order valence-electron chi connectivity index (χ4n) is 1.28. The normalized spacial score (nSPS) is 10.4. The van der Waals surface area contributed by atoms with Crippen molar-refractivity contribution < 1.29 is 24.0 Å². The molecule has 0 aromatic heterocycles. The smallest absolute Gasteiger partial charge is 0.339 e. The summed E-state index contributed by atoms with van der Waals surface area (Å²) in [4.78, 5) is 20.8. The summed E-state index contributed by atoms with van der Waals surface area (Å²) in [6.45, 7) is 3.71. The van der Waals surface area contributed by atoms with Crippen molar-refractivity contribution in [1.82, 2.24) is 0 Å². The van der Waals surface area contributed by atoms with Crippen LogP contribution in [0.25, 0.3) is 0 Å². The summed E-state index contributed by atoms with van der Waals surface area (Å²) >= 11 is 0. The van der Waals surface area contributed by atoms with E-state index in [-0.39, 0.29) is 12.5 Å². The van der Waals surface area contributed by atoms with E-state index in [2.05, 4.69) is 0 Å². The van der Waals surface area contributed by atoms with Gasteiger partial charge in [0, 0.05) is 0 Å². The lowest BCUT2D eigenvalue weighted by Gasteiger charge is -2.11. The van der Waals surface area contributed by atoms with Gasteiger partial charge in [-0.25, -0.2) is 9.18 Å². The van der Waals surface area contributed by atoms with Gasteiger partial charge < -0.3 is 9.84 Å². The number of carboxylic acids is 1. The first-order valence-corrected chi connectivity index (χ1v) is 5.17. The number of aromatic carboxylic acids is 1. The molecule has 18 heavy (non-hydrogen) atoms. The first-order valence-electron chi connectivity index (χ1n) is 5.17. The Morgan fingerprint density at radius 3 is 2.61 bits per heavy atom. The van der Waals surface area contributed by atoms with Crippen molar-refractivity contribution in [1.29, 1.82) is 0 Å². The van der Waals surface area contributed by atoms with E-state index >= 15 is 0 Å². The average Bonchev–Trinajstić information content (AvgIpc) is 2.25. The lowest BCUT2D eigenvalue weighted by molar-refractivity contribution is -0.386. The molecule has 7 heteroatoms. The zero-order valence-corrected chi connectivity index (χ0v) is 9.84. The van der Waals surface area contributed by atoms with Crippen LogP contribution in [-0.4, -0.2) is 22.6 Å². The van der Waals surface area contributed by atoms with E-state index in [1.165, 1.54) is 0 Å². The Hall–Kier alpha value is -2.18. The second-order valence-corrected chi connectivity index (χ2v) is 4.07. The summed E-state index contributed by atoms with van der Waals surface area (Å²) in [5.74, 6) is -2.83. The third-order valence-electron chi connectivity index (χ3n) is 2.02. The largest absolute Gasteiger partial charge is 0.486 e. The Morgan fingerprint density at radius 1 is 1.56 bits per heavy atom. The molecule has 1 rings (SSSR count). The Bertz CT molecular complexity index is 451. The van der Waals surface area contributed by atoms with Crippen LogP contribution in [0.4, 0.5) is 10.1 Å². The molecular formula is C11H12FNO5. The molecule has 0 saturated heterocycles. The molecule has 0 aliphatic carbocycles. The van der Waals surface area contributed by atoms with Gasteiger partial charge in [-0.15, -0.1) is 0 Å². The summed E-state index contributed by atoms with van der Waals surface area (Å²) in [5, 5.41) is 19.7. The molecule has 1 N–H and O–H groups in total. The van der Waals surface area contributed by atoms with Crippen LogP contribution in [0.5, 0.6) is 5.75 Å². The molecule has 0 amide bonds. The van der Waals surface area contributed by atoms with Crippen LogP contribution >= 0.6 is 0 Å². The van der Waals surface area contributed by atoms with Gasteiger partial charge in [0.2, 0.25) is 5.75 Å². The Labute approximate surface area is 102 Å². The highest BCUT2D eigenvalue weighted by atomic mass is 19.1. The van der Waals surface area contributed by atoms with Crippen LogP contribution in [0.2, 0.25) is 0 Å². The number of halogens is 1. The number of nitrogens with zero attached hydrogens (tertiary/aromatic N) is 1. The maximum atomic E-state index is 13.1. The summed E-state index contributed by atoms with van der Waals surface area (Å²) < 4.78 is 18.2. The topological polar surface area (TPSA) is 89.7 Å². The van der Waals surface area contributed by atoms with Crippen molar-refractivity contribution in [3.05, 3.63) is 33.6 Å². The molecule has 0 fully saturated rings. The van der Waals surface area contributed by atoms with Crippen molar-refractivity contribution in [3.63, 3.8) is 0 Å². The first-order chi connectivity index (χ1) is 8.32. The second kappa shape index (κ2) is 5.44. The van der Waals surface area contributed by atoms with E-state index in [0.717, 1.165) is 0 Å². The minimum atomic E-state index is -1.48. The van der Waals surface area contributed by atoms with Gasteiger partial charge in [-0.2, -0.15) is 0 Å². The lowest BCUT2D eigenvalue weighted by atomic mass is 10.1. The van der Waals surface area contributed by atoms with Gasteiger partial charge in [-0.3, -0.25) is 10.1 Å². The maximum Gasteiger partial charge on any atom is 0.339 e. The standard InChI is InChI=1S/C11H12FNO5/c1-6(2)5-18-10-8(11(14)15)3-7(12)4-9(10)13(16)17/h3-4,6H,5H2,1-2H3,(H,14,15). The van der Waals surface area contributed by atoms with E-state index in [9.17, 15) is 19.3 Å². The minimum Gasteiger partial charge on any atom is -0.486 e. The van der Waals surface area contributed by atoms with Crippen LogP contribution in [0.3, 0.4) is 0 Å². The third kappa shape index (κ3) is 3.16. The number of rotatable bonds is 5. The lowest BCUT2D eigenvalue weighted by Crippen LogP contribution is -2.11. The number of ether oxygens (including phenoxy) is 1. The zero-order chi connectivity index (χ0) is 13.9. The number of carboxylic acid groups (broad SMARTS) is 1. The number of carbonyl (C=O) groups is 1. The molecule has 0 saturated carbocycles. The van der Waals surface area contributed by atoms with Gasteiger partial charge in [-0.1, -0.05) is 13.8 Å². The number of nitro benzene ring substituents is 1. The van der Waals surface area contributed by atoms with Gasteiger partial charge in [0.1, 0.15) is 11.4 Å². The SMILES string of the molecule is CC(C)COc1c(C(=O)O)cc(F)cc1[N+](=O)[O-]. The Morgan fingerprint density at radius 2 is 2.17 bits per heavy atom. The molecule has 0 aliphatic rings.